The summed E-state index contributed by atoms with van der Waals surface area (Å²) in [5.41, 5.74) is 1.03. The van der Waals surface area contributed by atoms with Gasteiger partial charge >= 0.3 is 0 Å². The molecule has 2 aromatic carbocycles. The molecule has 0 fully saturated rings. The lowest BCUT2D eigenvalue weighted by Gasteiger charge is -2.13. The number of carbonyl (C=O) groups excluding carboxylic acids is 1. The van der Waals surface area contributed by atoms with Crippen LogP contribution in [0.3, 0.4) is 0 Å². The van der Waals surface area contributed by atoms with Gasteiger partial charge in [0.15, 0.2) is 5.16 Å². The maximum absolute atomic E-state index is 13.0. The average Bonchev–Trinajstić information content (AvgIpc) is 2.60. The zero-order chi connectivity index (χ0) is 17.8. The van der Waals surface area contributed by atoms with Crippen LogP contribution in [0.25, 0.3) is 16.6 Å². The summed E-state index contributed by atoms with van der Waals surface area (Å²) in [5, 5.41) is 4.24. The van der Waals surface area contributed by atoms with Crippen LogP contribution in [0.5, 0.6) is 0 Å². The summed E-state index contributed by atoms with van der Waals surface area (Å²) in [6.45, 7) is 2.42. The molecule has 3 rings (SSSR count). The van der Waals surface area contributed by atoms with E-state index in [2.05, 4.69) is 10.3 Å². The predicted octanol–water partition coefficient (Wildman–Crippen LogP) is 3.27. The van der Waals surface area contributed by atoms with Crippen molar-refractivity contribution in [2.45, 2.75) is 12.1 Å². The molecule has 128 valence electrons. The van der Waals surface area contributed by atoms with Crippen molar-refractivity contribution >= 4 is 40.2 Å². The number of fused-ring (bicyclic) bond motifs is 1. The number of amides is 1. The molecule has 0 aliphatic carbocycles. The fraction of sp³-hybridized carbons (Fsp3) is 0.167. The molecule has 7 heteroatoms. The van der Waals surface area contributed by atoms with E-state index in [4.69, 9.17) is 11.6 Å². The average molecular weight is 374 g/mol. The van der Waals surface area contributed by atoms with E-state index in [1.807, 2.05) is 13.0 Å². The number of nitrogens with zero attached hydrogens (tertiary/aromatic N) is 2. The van der Waals surface area contributed by atoms with Crippen molar-refractivity contribution in [3.05, 3.63) is 63.9 Å². The fourth-order valence-corrected chi connectivity index (χ4v) is 3.46. The van der Waals surface area contributed by atoms with E-state index in [-0.39, 0.29) is 17.2 Å². The first-order valence-electron chi connectivity index (χ1n) is 7.77. The molecule has 1 heterocycles. The SMILES string of the molecule is CCNC(=O)CSc1nc2ccccc2c(=O)n1-c1cccc(Cl)c1. The first-order chi connectivity index (χ1) is 12.1. The predicted molar refractivity (Wildman–Crippen MR) is 102 cm³/mol. The van der Waals surface area contributed by atoms with Gasteiger partial charge in [-0.25, -0.2) is 4.98 Å². The molecule has 3 aromatic rings. The Morgan fingerprint density at radius 3 is 2.80 bits per heavy atom. The number of thioether (sulfide) groups is 1. The molecular weight excluding hydrogens is 358 g/mol. The van der Waals surface area contributed by atoms with Gasteiger partial charge in [0.25, 0.3) is 5.56 Å². The minimum Gasteiger partial charge on any atom is -0.356 e. The van der Waals surface area contributed by atoms with E-state index in [0.717, 1.165) is 0 Å². The molecule has 1 N–H and O–H groups in total. The van der Waals surface area contributed by atoms with Crippen molar-refractivity contribution in [2.24, 2.45) is 0 Å². The lowest BCUT2D eigenvalue weighted by molar-refractivity contribution is -0.118. The van der Waals surface area contributed by atoms with Crippen LogP contribution in [0, 0.1) is 0 Å². The number of carbonyl (C=O) groups is 1. The second kappa shape index (κ2) is 7.72. The Hall–Kier alpha value is -2.31. The van der Waals surface area contributed by atoms with E-state index >= 15 is 0 Å². The summed E-state index contributed by atoms with van der Waals surface area (Å²) in [4.78, 5) is 29.4. The third-order valence-corrected chi connectivity index (χ3v) is 4.69. The van der Waals surface area contributed by atoms with Crippen LogP contribution in [0.1, 0.15) is 6.92 Å². The highest BCUT2D eigenvalue weighted by molar-refractivity contribution is 7.99. The highest BCUT2D eigenvalue weighted by atomic mass is 35.5. The van der Waals surface area contributed by atoms with Gasteiger partial charge in [0.1, 0.15) is 0 Å². The van der Waals surface area contributed by atoms with E-state index in [1.54, 1.807) is 42.5 Å². The number of hydrogen-bond donors (Lipinski definition) is 1. The van der Waals surface area contributed by atoms with Gasteiger partial charge in [0, 0.05) is 11.6 Å². The standard InChI is InChI=1S/C18H16ClN3O2S/c1-2-20-16(23)11-25-18-21-15-9-4-3-8-14(15)17(24)22(18)13-7-5-6-12(19)10-13/h3-10H,2,11H2,1H3,(H,20,23). The smallest absolute Gasteiger partial charge is 0.266 e. The summed E-state index contributed by atoms with van der Waals surface area (Å²) in [5.74, 6) is 0.0756. The van der Waals surface area contributed by atoms with E-state index < -0.39 is 0 Å². The second-order valence-corrected chi connectivity index (χ2v) is 6.65. The number of hydrogen-bond acceptors (Lipinski definition) is 4. The van der Waals surface area contributed by atoms with Crippen LogP contribution in [0.4, 0.5) is 0 Å². The largest absolute Gasteiger partial charge is 0.356 e. The van der Waals surface area contributed by atoms with Gasteiger partial charge < -0.3 is 5.32 Å². The van der Waals surface area contributed by atoms with Crippen LogP contribution in [-0.2, 0) is 4.79 Å². The molecule has 0 radical (unpaired) electrons. The van der Waals surface area contributed by atoms with Crippen molar-refractivity contribution in [1.82, 2.24) is 14.9 Å². The van der Waals surface area contributed by atoms with Crippen molar-refractivity contribution in [3.63, 3.8) is 0 Å². The summed E-state index contributed by atoms with van der Waals surface area (Å²) in [7, 11) is 0. The molecule has 0 saturated carbocycles. The molecule has 0 atom stereocenters. The molecular formula is C18H16ClN3O2S. The molecule has 0 spiro atoms. The molecule has 5 nitrogen and oxygen atoms in total. The second-order valence-electron chi connectivity index (χ2n) is 5.27. The van der Waals surface area contributed by atoms with Crippen LogP contribution < -0.4 is 10.9 Å². The first-order valence-corrected chi connectivity index (χ1v) is 9.13. The van der Waals surface area contributed by atoms with E-state index in [0.29, 0.717) is 33.3 Å². The van der Waals surface area contributed by atoms with Crippen molar-refractivity contribution < 1.29 is 4.79 Å². The van der Waals surface area contributed by atoms with Gasteiger partial charge in [-0.2, -0.15) is 0 Å². The van der Waals surface area contributed by atoms with Gasteiger partial charge in [-0.15, -0.1) is 0 Å². The molecule has 0 aliphatic rings. The normalized spacial score (nSPS) is 10.8. The summed E-state index contributed by atoms with van der Waals surface area (Å²) >= 11 is 7.30. The Balaban J connectivity index is 2.14. The van der Waals surface area contributed by atoms with Crippen molar-refractivity contribution in [3.8, 4) is 5.69 Å². The third kappa shape index (κ3) is 3.86. The Bertz CT molecular complexity index is 987. The van der Waals surface area contributed by atoms with Gasteiger partial charge in [0.05, 0.1) is 22.3 Å². The summed E-state index contributed by atoms with van der Waals surface area (Å²) < 4.78 is 1.50. The lowest BCUT2D eigenvalue weighted by atomic mass is 10.2. The van der Waals surface area contributed by atoms with Crippen LogP contribution in [0.15, 0.2) is 58.5 Å². The number of nitrogens with one attached hydrogen (secondary N) is 1. The Labute approximate surface area is 154 Å². The van der Waals surface area contributed by atoms with Gasteiger partial charge in [-0.1, -0.05) is 41.6 Å². The maximum atomic E-state index is 13.0. The highest BCUT2D eigenvalue weighted by Gasteiger charge is 2.14. The number of aromatic nitrogens is 2. The molecule has 0 aliphatic heterocycles. The lowest BCUT2D eigenvalue weighted by Crippen LogP contribution is -2.26. The molecule has 1 aromatic heterocycles. The first kappa shape index (κ1) is 17.5. The molecule has 0 unspecified atom stereocenters. The summed E-state index contributed by atoms with van der Waals surface area (Å²) in [6.07, 6.45) is 0. The van der Waals surface area contributed by atoms with Crippen LogP contribution in [0.2, 0.25) is 5.02 Å². The maximum Gasteiger partial charge on any atom is 0.266 e. The van der Waals surface area contributed by atoms with Gasteiger partial charge in [-0.3, -0.25) is 14.2 Å². The quantitative estimate of drug-likeness (QED) is 0.550. The van der Waals surface area contributed by atoms with Gasteiger partial charge in [0.2, 0.25) is 5.91 Å². The van der Waals surface area contributed by atoms with E-state index in [9.17, 15) is 9.59 Å². The number of halogens is 1. The monoisotopic (exact) mass is 373 g/mol. The van der Waals surface area contributed by atoms with Gasteiger partial charge in [-0.05, 0) is 37.3 Å². The number of para-hydroxylation sites is 1. The molecule has 1 amide bonds. The zero-order valence-corrected chi connectivity index (χ0v) is 15.1. The number of benzene rings is 2. The fourth-order valence-electron chi connectivity index (χ4n) is 2.43. The van der Waals surface area contributed by atoms with Crippen molar-refractivity contribution in [1.29, 1.82) is 0 Å². The number of rotatable bonds is 5. The minimum absolute atomic E-state index is 0.104. The Kier molecular flexibility index (Phi) is 5.40. The Morgan fingerprint density at radius 1 is 1.24 bits per heavy atom. The zero-order valence-electron chi connectivity index (χ0n) is 13.5. The van der Waals surface area contributed by atoms with E-state index in [1.165, 1.54) is 16.3 Å². The van der Waals surface area contributed by atoms with Crippen molar-refractivity contribution in [2.75, 3.05) is 12.3 Å². The topological polar surface area (TPSA) is 64.0 Å². The minimum atomic E-state index is -0.189. The molecule has 25 heavy (non-hydrogen) atoms. The third-order valence-electron chi connectivity index (χ3n) is 3.52. The molecule has 0 bridgehead atoms. The summed E-state index contributed by atoms with van der Waals surface area (Å²) in [6, 6.07) is 14.2. The highest BCUT2D eigenvalue weighted by Crippen LogP contribution is 2.22. The van der Waals surface area contributed by atoms with Crippen LogP contribution in [-0.4, -0.2) is 27.8 Å². The Morgan fingerprint density at radius 2 is 2.04 bits per heavy atom. The molecule has 0 saturated heterocycles. The van der Waals surface area contributed by atoms with Crippen LogP contribution >= 0.6 is 23.4 Å².